The van der Waals surface area contributed by atoms with E-state index in [9.17, 15) is 19.1 Å². The number of nitrogens with zero attached hydrogens (tertiary/aromatic N) is 2. The highest BCUT2D eigenvalue weighted by molar-refractivity contribution is 5.96. The van der Waals surface area contributed by atoms with Crippen molar-refractivity contribution in [3.63, 3.8) is 0 Å². The van der Waals surface area contributed by atoms with Crippen LogP contribution in [0.25, 0.3) is 16.6 Å². The average Bonchev–Trinajstić information content (AvgIpc) is 2.64. The summed E-state index contributed by atoms with van der Waals surface area (Å²) in [5.74, 6) is -2.70. The van der Waals surface area contributed by atoms with E-state index in [1.807, 2.05) is 6.92 Å². The highest BCUT2D eigenvalue weighted by Crippen LogP contribution is 2.36. The minimum absolute atomic E-state index is 0.0861. The lowest BCUT2D eigenvalue weighted by molar-refractivity contribution is 0.0695. The molecule has 0 bridgehead atoms. The van der Waals surface area contributed by atoms with Gasteiger partial charge in [0.05, 0.1) is 28.0 Å². The smallest absolute Gasteiger partial charge is 0.341 e. The number of benzene rings is 2. The molecular weight excluding hydrogens is 406 g/mol. The molecule has 0 aliphatic carbocycles. The van der Waals surface area contributed by atoms with Crippen molar-refractivity contribution in [2.75, 3.05) is 23.7 Å². The van der Waals surface area contributed by atoms with Crippen LogP contribution >= 0.6 is 0 Å². The van der Waals surface area contributed by atoms with E-state index in [0.29, 0.717) is 41.1 Å². The lowest BCUT2D eigenvalue weighted by atomic mass is 9.91. The summed E-state index contributed by atoms with van der Waals surface area (Å²) in [5.41, 5.74) is 11.8. The van der Waals surface area contributed by atoms with Crippen LogP contribution in [0.2, 0.25) is 0 Å². The molecule has 1 saturated heterocycles. The molecule has 0 radical (unpaired) electrons. The van der Waals surface area contributed by atoms with E-state index in [4.69, 9.17) is 11.5 Å². The van der Waals surface area contributed by atoms with Gasteiger partial charge >= 0.3 is 5.97 Å². The van der Waals surface area contributed by atoms with E-state index in [0.717, 1.165) is 6.07 Å². The van der Waals surface area contributed by atoms with Crippen LogP contribution in [0, 0.1) is 25.5 Å². The van der Waals surface area contributed by atoms with E-state index in [1.165, 1.54) is 22.9 Å². The highest BCUT2D eigenvalue weighted by atomic mass is 19.1. The zero-order chi connectivity index (χ0) is 22.8. The van der Waals surface area contributed by atoms with Crippen LogP contribution in [-0.2, 0) is 0 Å². The Morgan fingerprint density at radius 2 is 1.81 bits per heavy atom. The van der Waals surface area contributed by atoms with Crippen LogP contribution in [0.1, 0.15) is 28.4 Å². The predicted octanol–water partition coefficient (Wildman–Crippen LogP) is 2.70. The Labute approximate surface area is 176 Å². The summed E-state index contributed by atoms with van der Waals surface area (Å²) in [7, 11) is 0. The van der Waals surface area contributed by atoms with Gasteiger partial charge in [0.15, 0.2) is 0 Å². The average molecular weight is 428 g/mol. The van der Waals surface area contributed by atoms with Crippen LogP contribution in [0.4, 0.5) is 20.2 Å². The molecule has 1 aliphatic rings. The number of nitrogens with two attached hydrogens (primary N) is 2. The summed E-state index contributed by atoms with van der Waals surface area (Å²) in [5, 5.41) is 9.45. The van der Waals surface area contributed by atoms with Crippen LogP contribution in [0.3, 0.4) is 0 Å². The largest absolute Gasteiger partial charge is 0.477 e. The maximum Gasteiger partial charge on any atom is 0.341 e. The Kier molecular flexibility index (Phi) is 4.55. The van der Waals surface area contributed by atoms with Crippen LogP contribution in [0.15, 0.2) is 29.2 Å². The number of aromatic nitrogens is 1. The molecule has 7 nitrogen and oxygen atoms in total. The third kappa shape index (κ3) is 3.21. The van der Waals surface area contributed by atoms with Crippen molar-refractivity contribution in [3.8, 4) is 5.69 Å². The van der Waals surface area contributed by atoms with E-state index < -0.39 is 34.1 Å². The summed E-state index contributed by atoms with van der Waals surface area (Å²) >= 11 is 0. The van der Waals surface area contributed by atoms with Crippen molar-refractivity contribution in [2.45, 2.75) is 26.3 Å². The first-order valence-electron chi connectivity index (χ1n) is 9.63. The molecule has 1 aromatic heterocycles. The first-order chi connectivity index (χ1) is 14.4. The van der Waals surface area contributed by atoms with Crippen molar-refractivity contribution in [1.29, 1.82) is 0 Å². The number of hydrogen-bond donors (Lipinski definition) is 3. The van der Waals surface area contributed by atoms with Crippen LogP contribution in [0.5, 0.6) is 0 Å². The molecule has 4 rings (SSSR count). The molecule has 31 heavy (non-hydrogen) atoms. The Bertz CT molecular complexity index is 1320. The first-order valence-corrected chi connectivity index (χ1v) is 9.63. The third-order valence-electron chi connectivity index (χ3n) is 5.68. The number of rotatable bonds is 3. The molecule has 1 fully saturated rings. The van der Waals surface area contributed by atoms with Crippen molar-refractivity contribution in [2.24, 2.45) is 5.73 Å². The van der Waals surface area contributed by atoms with Crippen LogP contribution < -0.4 is 21.8 Å². The summed E-state index contributed by atoms with van der Waals surface area (Å²) < 4.78 is 30.5. The maximum atomic E-state index is 15.1. The quantitative estimate of drug-likeness (QED) is 0.553. The molecule has 2 aromatic carbocycles. The SMILES string of the molecule is Cc1cc(F)c(N)cc1-n1cc(C(=O)O)c(=O)c2cc(F)c(N3CC(C)(N)C3)c(C)c21. The second-order valence-corrected chi connectivity index (χ2v) is 8.45. The summed E-state index contributed by atoms with van der Waals surface area (Å²) in [6.45, 7) is 6.01. The number of aryl methyl sites for hydroxylation is 2. The lowest BCUT2D eigenvalue weighted by Crippen LogP contribution is -2.66. The van der Waals surface area contributed by atoms with Gasteiger partial charge in [-0.2, -0.15) is 0 Å². The molecule has 0 amide bonds. The third-order valence-corrected chi connectivity index (χ3v) is 5.68. The molecular formula is C22H22F2N4O3. The van der Waals surface area contributed by atoms with E-state index in [-0.39, 0.29) is 11.1 Å². The zero-order valence-electron chi connectivity index (χ0n) is 17.3. The molecule has 1 aliphatic heterocycles. The number of nitrogen functional groups attached to an aromatic ring is 1. The second-order valence-electron chi connectivity index (χ2n) is 8.45. The highest BCUT2D eigenvalue weighted by Gasteiger charge is 2.37. The number of halogens is 2. The standard InChI is InChI=1S/C22H22F2N4O3/c1-10-4-14(23)16(25)6-17(10)28-7-13(21(30)31)20(29)12-5-15(24)19(11(2)18(12)28)27-8-22(3,26)9-27/h4-7H,8-9,25-26H2,1-3H3,(H,30,31). The minimum atomic E-state index is -1.45. The number of fused-ring (bicyclic) bond motifs is 1. The Morgan fingerprint density at radius 1 is 1.16 bits per heavy atom. The molecule has 0 saturated carbocycles. The van der Waals surface area contributed by atoms with Gasteiger partial charge in [-0.3, -0.25) is 4.79 Å². The fourth-order valence-electron chi connectivity index (χ4n) is 4.29. The van der Waals surface area contributed by atoms with Gasteiger partial charge in [-0.05, 0) is 44.5 Å². The summed E-state index contributed by atoms with van der Waals surface area (Å²) in [6.07, 6.45) is 1.17. The molecule has 0 atom stereocenters. The van der Waals surface area contributed by atoms with Gasteiger partial charge in [0.25, 0.3) is 0 Å². The molecule has 9 heteroatoms. The molecule has 0 unspecified atom stereocenters. The minimum Gasteiger partial charge on any atom is -0.477 e. The number of carbonyl (C=O) groups is 1. The van der Waals surface area contributed by atoms with Crippen molar-refractivity contribution >= 4 is 28.2 Å². The molecule has 5 N–H and O–H groups in total. The zero-order valence-corrected chi connectivity index (χ0v) is 17.3. The normalized spacial score (nSPS) is 15.2. The van der Waals surface area contributed by atoms with Crippen molar-refractivity contribution in [1.82, 2.24) is 4.57 Å². The molecule has 0 spiro atoms. The van der Waals surface area contributed by atoms with E-state index in [2.05, 4.69) is 0 Å². The Hall–Kier alpha value is -3.46. The number of aromatic carboxylic acids is 1. The van der Waals surface area contributed by atoms with E-state index >= 15 is 4.39 Å². The Balaban J connectivity index is 2.12. The van der Waals surface area contributed by atoms with Crippen molar-refractivity contribution < 1.29 is 18.7 Å². The number of hydrogen-bond acceptors (Lipinski definition) is 5. The number of pyridine rings is 1. The van der Waals surface area contributed by atoms with Gasteiger partial charge in [0, 0.05) is 30.4 Å². The predicted molar refractivity (Wildman–Crippen MR) is 115 cm³/mol. The number of anilines is 2. The number of carboxylic acids is 1. The maximum absolute atomic E-state index is 15.1. The van der Waals surface area contributed by atoms with Gasteiger partial charge in [-0.15, -0.1) is 0 Å². The topological polar surface area (TPSA) is 115 Å². The summed E-state index contributed by atoms with van der Waals surface area (Å²) in [4.78, 5) is 26.3. The fraction of sp³-hybridized carbons (Fsp3) is 0.273. The monoisotopic (exact) mass is 428 g/mol. The van der Waals surface area contributed by atoms with Gasteiger partial charge in [0.1, 0.15) is 17.2 Å². The van der Waals surface area contributed by atoms with E-state index in [1.54, 1.807) is 18.7 Å². The summed E-state index contributed by atoms with van der Waals surface area (Å²) in [6, 6.07) is 3.64. The molecule has 162 valence electrons. The fourth-order valence-corrected chi connectivity index (χ4v) is 4.29. The first kappa shape index (κ1) is 20.8. The van der Waals surface area contributed by atoms with Gasteiger partial charge in [0.2, 0.25) is 5.43 Å². The van der Waals surface area contributed by atoms with Gasteiger partial charge in [-0.25, -0.2) is 13.6 Å². The molecule has 3 aromatic rings. The van der Waals surface area contributed by atoms with Crippen molar-refractivity contribution in [3.05, 3.63) is 62.9 Å². The number of carboxylic acid groups (broad SMARTS) is 1. The molecule has 2 heterocycles. The van der Waals surface area contributed by atoms with Gasteiger partial charge in [-0.1, -0.05) is 0 Å². The second kappa shape index (κ2) is 6.78. The van der Waals surface area contributed by atoms with Gasteiger partial charge < -0.3 is 26.0 Å². The van der Waals surface area contributed by atoms with Crippen LogP contribution in [-0.4, -0.2) is 34.3 Å². The Morgan fingerprint density at radius 3 is 2.39 bits per heavy atom. The lowest BCUT2D eigenvalue weighted by Gasteiger charge is -2.47.